The lowest BCUT2D eigenvalue weighted by Gasteiger charge is -2.23. The van der Waals surface area contributed by atoms with Crippen LogP contribution in [0.1, 0.15) is 76.8 Å². The molecule has 1 aromatic rings. The standard InChI is InChI=1S/C17H31N3/c1-3-11-18-17(16-13-19-20(4-2)14-16)12-15-9-7-5-6-8-10-15/h13-15,17-18H,3-12H2,1-2H3. The second-order valence-electron chi connectivity index (χ2n) is 6.23. The van der Waals surface area contributed by atoms with Crippen molar-refractivity contribution >= 4 is 0 Å². The van der Waals surface area contributed by atoms with Crippen LogP contribution >= 0.6 is 0 Å². The van der Waals surface area contributed by atoms with Gasteiger partial charge in [0.25, 0.3) is 0 Å². The molecule has 0 aliphatic heterocycles. The topological polar surface area (TPSA) is 29.9 Å². The predicted octanol–water partition coefficient (Wildman–Crippen LogP) is 4.30. The Kier molecular flexibility index (Phi) is 6.58. The maximum Gasteiger partial charge on any atom is 0.0537 e. The van der Waals surface area contributed by atoms with E-state index in [0.29, 0.717) is 6.04 Å². The molecule has 20 heavy (non-hydrogen) atoms. The zero-order valence-corrected chi connectivity index (χ0v) is 13.3. The van der Waals surface area contributed by atoms with Crippen LogP contribution in [-0.4, -0.2) is 16.3 Å². The Bertz CT molecular complexity index is 364. The van der Waals surface area contributed by atoms with Crippen molar-refractivity contribution in [2.75, 3.05) is 6.54 Å². The van der Waals surface area contributed by atoms with E-state index in [2.05, 4.69) is 36.7 Å². The first-order valence-corrected chi connectivity index (χ1v) is 8.59. The summed E-state index contributed by atoms with van der Waals surface area (Å²) in [7, 11) is 0. The fourth-order valence-corrected chi connectivity index (χ4v) is 3.32. The number of hydrogen-bond acceptors (Lipinski definition) is 2. The van der Waals surface area contributed by atoms with Crippen molar-refractivity contribution in [3.63, 3.8) is 0 Å². The van der Waals surface area contributed by atoms with Gasteiger partial charge < -0.3 is 5.32 Å². The van der Waals surface area contributed by atoms with Crippen molar-refractivity contribution in [2.45, 2.75) is 77.8 Å². The summed E-state index contributed by atoms with van der Waals surface area (Å²) in [6, 6.07) is 0.498. The van der Waals surface area contributed by atoms with E-state index in [0.717, 1.165) is 19.0 Å². The fourth-order valence-electron chi connectivity index (χ4n) is 3.32. The molecule has 2 rings (SSSR count). The Hall–Kier alpha value is -0.830. The molecular weight excluding hydrogens is 246 g/mol. The fraction of sp³-hybridized carbons (Fsp3) is 0.824. The maximum atomic E-state index is 4.45. The summed E-state index contributed by atoms with van der Waals surface area (Å²) < 4.78 is 2.04. The highest BCUT2D eigenvalue weighted by Gasteiger charge is 2.20. The number of nitrogens with one attached hydrogen (secondary N) is 1. The second kappa shape index (κ2) is 8.46. The minimum atomic E-state index is 0.498. The zero-order valence-electron chi connectivity index (χ0n) is 13.3. The molecule has 114 valence electrons. The zero-order chi connectivity index (χ0) is 14.2. The number of aromatic nitrogens is 2. The largest absolute Gasteiger partial charge is 0.310 e. The van der Waals surface area contributed by atoms with E-state index in [9.17, 15) is 0 Å². The van der Waals surface area contributed by atoms with Gasteiger partial charge >= 0.3 is 0 Å². The molecule has 3 nitrogen and oxygen atoms in total. The highest BCUT2D eigenvalue weighted by molar-refractivity contribution is 5.10. The smallest absolute Gasteiger partial charge is 0.0537 e. The van der Waals surface area contributed by atoms with Gasteiger partial charge in [0.05, 0.1) is 6.20 Å². The maximum absolute atomic E-state index is 4.45. The molecule has 1 aliphatic carbocycles. The molecule has 0 amide bonds. The Morgan fingerprint density at radius 3 is 2.60 bits per heavy atom. The lowest BCUT2D eigenvalue weighted by molar-refractivity contribution is 0.356. The molecule has 1 aliphatic rings. The van der Waals surface area contributed by atoms with Crippen molar-refractivity contribution in [1.82, 2.24) is 15.1 Å². The van der Waals surface area contributed by atoms with E-state index >= 15 is 0 Å². The molecule has 1 fully saturated rings. The summed E-state index contributed by atoms with van der Waals surface area (Å²) in [6.07, 6.45) is 15.4. The highest BCUT2D eigenvalue weighted by Crippen LogP contribution is 2.31. The van der Waals surface area contributed by atoms with Gasteiger partial charge in [0.1, 0.15) is 0 Å². The lowest BCUT2D eigenvalue weighted by Crippen LogP contribution is -2.24. The van der Waals surface area contributed by atoms with Crippen LogP contribution in [0, 0.1) is 5.92 Å². The van der Waals surface area contributed by atoms with Crippen molar-refractivity contribution < 1.29 is 0 Å². The van der Waals surface area contributed by atoms with Gasteiger partial charge in [-0.05, 0) is 32.2 Å². The molecule has 0 bridgehead atoms. The minimum absolute atomic E-state index is 0.498. The van der Waals surface area contributed by atoms with Crippen LogP contribution in [0.4, 0.5) is 0 Å². The Morgan fingerprint density at radius 1 is 1.25 bits per heavy atom. The number of nitrogens with zero attached hydrogens (tertiary/aromatic N) is 2. The van der Waals surface area contributed by atoms with Crippen molar-refractivity contribution in [2.24, 2.45) is 5.92 Å². The molecule has 1 N–H and O–H groups in total. The summed E-state index contributed by atoms with van der Waals surface area (Å²) in [5.41, 5.74) is 1.38. The number of hydrogen-bond donors (Lipinski definition) is 1. The molecule has 0 aromatic carbocycles. The molecule has 1 unspecified atom stereocenters. The molecule has 0 radical (unpaired) electrons. The Balaban J connectivity index is 1.98. The Labute approximate surface area is 124 Å². The average Bonchev–Trinajstić information content (AvgIpc) is 2.80. The van der Waals surface area contributed by atoms with E-state index in [1.165, 1.54) is 56.9 Å². The van der Waals surface area contributed by atoms with E-state index in [-0.39, 0.29) is 0 Å². The first-order chi connectivity index (χ1) is 9.83. The summed E-state index contributed by atoms with van der Waals surface area (Å²) in [6.45, 7) is 6.46. The molecule has 0 saturated heterocycles. The van der Waals surface area contributed by atoms with E-state index < -0.39 is 0 Å². The first kappa shape index (κ1) is 15.6. The molecule has 1 saturated carbocycles. The van der Waals surface area contributed by atoms with Gasteiger partial charge in [-0.25, -0.2) is 0 Å². The van der Waals surface area contributed by atoms with E-state index in [1.807, 2.05) is 4.68 Å². The number of rotatable bonds is 7. The third-order valence-electron chi connectivity index (χ3n) is 4.56. The van der Waals surface area contributed by atoms with Crippen LogP contribution in [0.2, 0.25) is 0 Å². The summed E-state index contributed by atoms with van der Waals surface area (Å²) in [5, 5.41) is 8.19. The molecule has 3 heteroatoms. The SMILES string of the molecule is CCCNC(CC1CCCCCC1)c1cnn(CC)c1. The molecule has 1 aromatic heterocycles. The summed E-state index contributed by atoms with van der Waals surface area (Å²) >= 11 is 0. The molecular formula is C17H31N3. The van der Waals surface area contributed by atoms with Gasteiger partial charge in [-0.1, -0.05) is 45.4 Å². The van der Waals surface area contributed by atoms with Crippen LogP contribution in [0.25, 0.3) is 0 Å². The van der Waals surface area contributed by atoms with Gasteiger partial charge in [-0.3, -0.25) is 4.68 Å². The van der Waals surface area contributed by atoms with Gasteiger partial charge in [-0.2, -0.15) is 5.10 Å². The third kappa shape index (κ3) is 4.62. The van der Waals surface area contributed by atoms with Gasteiger partial charge in [-0.15, -0.1) is 0 Å². The normalized spacial score (nSPS) is 18.9. The van der Waals surface area contributed by atoms with E-state index in [4.69, 9.17) is 0 Å². The van der Waals surface area contributed by atoms with Crippen molar-refractivity contribution in [3.8, 4) is 0 Å². The minimum Gasteiger partial charge on any atom is -0.310 e. The van der Waals surface area contributed by atoms with E-state index in [1.54, 1.807) is 0 Å². The van der Waals surface area contributed by atoms with Crippen molar-refractivity contribution in [1.29, 1.82) is 0 Å². The average molecular weight is 277 g/mol. The second-order valence-corrected chi connectivity index (χ2v) is 6.23. The monoisotopic (exact) mass is 277 g/mol. The van der Waals surface area contributed by atoms with Gasteiger partial charge in [0, 0.05) is 24.3 Å². The summed E-state index contributed by atoms with van der Waals surface area (Å²) in [4.78, 5) is 0. The first-order valence-electron chi connectivity index (χ1n) is 8.59. The Morgan fingerprint density at radius 2 is 2.00 bits per heavy atom. The van der Waals surface area contributed by atoms with Gasteiger partial charge in [0.15, 0.2) is 0 Å². The molecule has 1 atom stereocenters. The predicted molar refractivity (Wildman–Crippen MR) is 84.7 cm³/mol. The van der Waals surface area contributed by atoms with Crippen molar-refractivity contribution in [3.05, 3.63) is 18.0 Å². The van der Waals surface area contributed by atoms with Crippen LogP contribution in [0.15, 0.2) is 12.4 Å². The number of aryl methyl sites for hydroxylation is 1. The highest BCUT2D eigenvalue weighted by atomic mass is 15.3. The van der Waals surface area contributed by atoms with Crippen LogP contribution in [-0.2, 0) is 6.54 Å². The van der Waals surface area contributed by atoms with Crippen LogP contribution in [0.5, 0.6) is 0 Å². The molecule has 0 spiro atoms. The van der Waals surface area contributed by atoms with Crippen LogP contribution < -0.4 is 5.32 Å². The molecule has 1 heterocycles. The lowest BCUT2D eigenvalue weighted by atomic mass is 9.90. The van der Waals surface area contributed by atoms with Gasteiger partial charge in [0.2, 0.25) is 0 Å². The van der Waals surface area contributed by atoms with Crippen LogP contribution in [0.3, 0.4) is 0 Å². The summed E-state index contributed by atoms with van der Waals surface area (Å²) in [5.74, 6) is 0.900. The third-order valence-corrected chi connectivity index (χ3v) is 4.56. The quantitative estimate of drug-likeness (QED) is 0.753.